The Hall–Kier alpha value is -1.75. The second-order valence-electron chi connectivity index (χ2n) is 3.75. The number of nitrogens with zero attached hydrogens (tertiary/aromatic N) is 3. The molecule has 1 aliphatic rings. The molecule has 0 saturated carbocycles. The van der Waals surface area contributed by atoms with Gasteiger partial charge >= 0.3 is 0 Å². The Morgan fingerprint density at radius 3 is 2.62 bits per heavy atom. The molecule has 1 aliphatic heterocycles. The van der Waals surface area contributed by atoms with Crippen molar-refractivity contribution in [2.24, 2.45) is 5.84 Å². The number of hydrogen-bond acceptors (Lipinski definition) is 5. The summed E-state index contributed by atoms with van der Waals surface area (Å²) in [5.74, 6) is 7.15. The Morgan fingerprint density at radius 2 is 2.06 bits per heavy atom. The van der Waals surface area contributed by atoms with Gasteiger partial charge in [0, 0.05) is 32.4 Å². The maximum atomic E-state index is 5.33. The summed E-state index contributed by atoms with van der Waals surface area (Å²) in [7, 11) is 0. The molecular weight excluding hydrogens is 202 g/mol. The van der Waals surface area contributed by atoms with Crippen LogP contribution in [0.1, 0.15) is 0 Å². The normalized spacial score (nSPS) is 16.1. The van der Waals surface area contributed by atoms with E-state index in [1.165, 1.54) is 0 Å². The van der Waals surface area contributed by atoms with E-state index in [4.69, 9.17) is 5.84 Å². The van der Waals surface area contributed by atoms with Gasteiger partial charge in [-0.25, -0.2) is 10.8 Å². The largest absolute Gasteiger partial charge is 0.354 e. The van der Waals surface area contributed by atoms with Crippen molar-refractivity contribution in [3.05, 3.63) is 36.8 Å². The van der Waals surface area contributed by atoms with Gasteiger partial charge in [-0.15, -0.1) is 0 Å². The fourth-order valence-electron chi connectivity index (χ4n) is 1.84. The van der Waals surface area contributed by atoms with Gasteiger partial charge < -0.3 is 15.2 Å². The Morgan fingerprint density at radius 1 is 1.31 bits per heavy atom. The number of anilines is 1. The van der Waals surface area contributed by atoms with Gasteiger partial charge in [-0.3, -0.25) is 0 Å². The van der Waals surface area contributed by atoms with Crippen molar-refractivity contribution in [2.75, 3.05) is 31.1 Å². The van der Waals surface area contributed by atoms with E-state index in [2.05, 4.69) is 26.8 Å². The number of hydrazine groups is 1. The minimum absolute atomic E-state index is 0.778. The third kappa shape index (κ3) is 2.25. The van der Waals surface area contributed by atoms with Gasteiger partial charge in [0.2, 0.25) is 0 Å². The minimum atomic E-state index is 0.778. The molecule has 0 aromatic carbocycles. The molecule has 0 spiro atoms. The zero-order valence-electron chi connectivity index (χ0n) is 9.26. The molecule has 1 aromatic rings. The Kier molecular flexibility index (Phi) is 3.26. The Bertz CT molecular complexity index is 343. The van der Waals surface area contributed by atoms with Crippen molar-refractivity contribution in [1.82, 2.24) is 15.3 Å². The summed E-state index contributed by atoms with van der Waals surface area (Å²) in [6.45, 7) is 7.57. The first kappa shape index (κ1) is 10.8. The van der Waals surface area contributed by atoms with Gasteiger partial charge in [-0.2, -0.15) is 0 Å². The smallest absolute Gasteiger partial charge is 0.128 e. The lowest BCUT2D eigenvalue weighted by atomic mass is 10.3. The molecule has 0 atom stereocenters. The van der Waals surface area contributed by atoms with Crippen molar-refractivity contribution in [3.8, 4) is 0 Å². The zero-order valence-corrected chi connectivity index (χ0v) is 9.26. The number of aromatic nitrogens is 1. The SMILES string of the molecule is C=C(NN)N1CCN(c2ccccn2)CC1. The summed E-state index contributed by atoms with van der Waals surface area (Å²) in [5, 5.41) is 0. The van der Waals surface area contributed by atoms with Crippen LogP contribution in [0.3, 0.4) is 0 Å². The molecule has 1 fully saturated rings. The summed E-state index contributed by atoms with van der Waals surface area (Å²) in [6.07, 6.45) is 1.82. The highest BCUT2D eigenvalue weighted by atomic mass is 15.4. The molecule has 2 rings (SSSR count). The fraction of sp³-hybridized carbons (Fsp3) is 0.364. The predicted molar refractivity (Wildman–Crippen MR) is 64.5 cm³/mol. The number of nitrogens with two attached hydrogens (primary N) is 1. The molecule has 3 N–H and O–H groups in total. The second-order valence-corrected chi connectivity index (χ2v) is 3.75. The third-order valence-corrected chi connectivity index (χ3v) is 2.80. The van der Waals surface area contributed by atoms with Crippen LogP contribution >= 0.6 is 0 Å². The highest BCUT2D eigenvalue weighted by molar-refractivity contribution is 5.38. The summed E-state index contributed by atoms with van der Waals surface area (Å²) in [5.41, 5.74) is 2.59. The first-order valence-electron chi connectivity index (χ1n) is 5.37. The molecule has 0 bridgehead atoms. The van der Waals surface area contributed by atoms with Crippen LogP contribution < -0.4 is 16.2 Å². The molecule has 5 nitrogen and oxygen atoms in total. The van der Waals surface area contributed by atoms with Crippen LogP contribution in [0.5, 0.6) is 0 Å². The van der Waals surface area contributed by atoms with Crippen LogP contribution in [0.2, 0.25) is 0 Å². The number of nitrogens with one attached hydrogen (secondary N) is 1. The molecule has 0 unspecified atom stereocenters. The molecule has 0 aliphatic carbocycles. The first-order chi connectivity index (χ1) is 7.81. The summed E-state index contributed by atoms with van der Waals surface area (Å²) in [6, 6.07) is 5.97. The Balaban J connectivity index is 1.93. The number of rotatable bonds is 3. The van der Waals surface area contributed by atoms with E-state index in [0.29, 0.717) is 0 Å². The average Bonchev–Trinajstić information content (AvgIpc) is 2.39. The maximum absolute atomic E-state index is 5.33. The van der Waals surface area contributed by atoms with Gasteiger partial charge in [0.25, 0.3) is 0 Å². The zero-order chi connectivity index (χ0) is 11.4. The Labute approximate surface area is 95.5 Å². The number of piperazine rings is 1. The minimum Gasteiger partial charge on any atom is -0.354 e. The molecule has 1 aromatic heterocycles. The monoisotopic (exact) mass is 219 g/mol. The molecular formula is C11H17N5. The van der Waals surface area contributed by atoms with Crippen LogP contribution in [0, 0.1) is 0 Å². The maximum Gasteiger partial charge on any atom is 0.128 e. The molecule has 0 amide bonds. The fourth-order valence-corrected chi connectivity index (χ4v) is 1.84. The highest BCUT2D eigenvalue weighted by Gasteiger charge is 2.17. The van der Waals surface area contributed by atoms with E-state index in [-0.39, 0.29) is 0 Å². The van der Waals surface area contributed by atoms with E-state index >= 15 is 0 Å². The number of pyridine rings is 1. The second kappa shape index (κ2) is 4.85. The van der Waals surface area contributed by atoms with E-state index in [1.807, 2.05) is 24.4 Å². The van der Waals surface area contributed by atoms with Crippen molar-refractivity contribution in [1.29, 1.82) is 0 Å². The van der Waals surface area contributed by atoms with Gasteiger partial charge in [0.15, 0.2) is 0 Å². The van der Waals surface area contributed by atoms with Crippen LogP contribution in [-0.4, -0.2) is 36.1 Å². The quantitative estimate of drug-likeness (QED) is 0.559. The lowest BCUT2D eigenvalue weighted by Crippen LogP contribution is -2.48. The van der Waals surface area contributed by atoms with Gasteiger partial charge in [-0.1, -0.05) is 12.6 Å². The van der Waals surface area contributed by atoms with Crippen LogP contribution in [-0.2, 0) is 0 Å². The summed E-state index contributed by atoms with van der Waals surface area (Å²) >= 11 is 0. The highest BCUT2D eigenvalue weighted by Crippen LogP contribution is 2.13. The van der Waals surface area contributed by atoms with Crippen molar-refractivity contribution in [3.63, 3.8) is 0 Å². The third-order valence-electron chi connectivity index (χ3n) is 2.80. The number of hydrogen-bond donors (Lipinski definition) is 2. The molecule has 0 radical (unpaired) electrons. The molecule has 1 saturated heterocycles. The lowest BCUT2D eigenvalue weighted by Gasteiger charge is -2.37. The van der Waals surface area contributed by atoms with Crippen LogP contribution in [0.4, 0.5) is 5.82 Å². The predicted octanol–water partition coefficient (Wildman–Crippen LogP) is 0.138. The molecule has 2 heterocycles. The van der Waals surface area contributed by atoms with Gasteiger partial charge in [-0.05, 0) is 12.1 Å². The van der Waals surface area contributed by atoms with Crippen molar-refractivity contribution in [2.45, 2.75) is 0 Å². The van der Waals surface area contributed by atoms with E-state index in [9.17, 15) is 0 Å². The molecule has 5 heteroatoms. The van der Waals surface area contributed by atoms with Gasteiger partial charge in [0.1, 0.15) is 11.6 Å². The van der Waals surface area contributed by atoms with E-state index < -0.39 is 0 Å². The summed E-state index contributed by atoms with van der Waals surface area (Å²) < 4.78 is 0. The standard InChI is InChI=1S/C11H17N5/c1-10(14-12)15-6-8-16(9-7-15)11-4-2-3-5-13-11/h2-5,14H,1,6-9,12H2. The topological polar surface area (TPSA) is 57.4 Å². The van der Waals surface area contributed by atoms with E-state index in [0.717, 1.165) is 37.8 Å². The average molecular weight is 219 g/mol. The first-order valence-corrected chi connectivity index (χ1v) is 5.37. The van der Waals surface area contributed by atoms with Crippen LogP contribution in [0.15, 0.2) is 36.8 Å². The van der Waals surface area contributed by atoms with Gasteiger partial charge in [0.05, 0.1) is 0 Å². The van der Waals surface area contributed by atoms with Crippen molar-refractivity contribution >= 4 is 5.82 Å². The van der Waals surface area contributed by atoms with Crippen LogP contribution in [0.25, 0.3) is 0 Å². The molecule has 16 heavy (non-hydrogen) atoms. The van der Waals surface area contributed by atoms with Crippen molar-refractivity contribution < 1.29 is 0 Å². The summed E-state index contributed by atoms with van der Waals surface area (Å²) in [4.78, 5) is 8.74. The molecule has 86 valence electrons. The van der Waals surface area contributed by atoms with E-state index in [1.54, 1.807) is 0 Å². The lowest BCUT2D eigenvalue weighted by molar-refractivity contribution is 0.301.